The predicted molar refractivity (Wildman–Crippen MR) is 83.9 cm³/mol. The molecule has 2 aromatic rings. The van der Waals surface area contributed by atoms with Crippen LogP contribution in [0.5, 0.6) is 0 Å². The molecule has 0 saturated carbocycles. The van der Waals surface area contributed by atoms with Gasteiger partial charge < -0.3 is 10.4 Å². The number of nitro benzene ring substituents is 1. The molecule has 7 heteroatoms. The lowest BCUT2D eigenvalue weighted by Crippen LogP contribution is -2.15. The Morgan fingerprint density at radius 1 is 1.17 bits per heavy atom. The van der Waals surface area contributed by atoms with Crippen molar-refractivity contribution in [1.29, 1.82) is 0 Å². The van der Waals surface area contributed by atoms with Gasteiger partial charge in [0, 0.05) is 22.9 Å². The van der Waals surface area contributed by atoms with Crippen LogP contribution in [0.3, 0.4) is 0 Å². The first-order valence-corrected chi connectivity index (χ1v) is 6.70. The standard InChI is InChI=1S/C16H14N2O5/c1-9-8-11(16(20)21)6-7-13(9)17-15(19)12-4-3-5-14(10(12)2)18(22)23/h3-8H,1-2H3,(H,17,19)(H,20,21). The number of nitrogens with zero attached hydrogens (tertiary/aromatic N) is 1. The number of rotatable bonds is 4. The largest absolute Gasteiger partial charge is 0.478 e. The Morgan fingerprint density at radius 3 is 2.43 bits per heavy atom. The van der Waals surface area contributed by atoms with Gasteiger partial charge in [0.15, 0.2) is 0 Å². The summed E-state index contributed by atoms with van der Waals surface area (Å²) in [6.45, 7) is 3.18. The van der Waals surface area contributed by atoms with Gasteiger partial charge in [0.05, 0.1) is 10.5 Å². The van der Waals surface area contributed by atoms with Gasteiger partial charge in [0.25, 0.3) is 11.6 Å². The molecule has 0 aromatic heterocycles. The molecular formula is C16H14N2O5. The normalized spacial score (nSPS) is 10.2. The Balaban J connectivity index is 2.31. The van der Waals surface area contributed by atoms with Gasteiger partial charge in [-0.05, 0) is 43.7 Å². The van der Waals surface area contributed by atoms with Crippen molar-refractivity contribution in [3.05, 3.63) is 68.8 Å². The molecule has 0 spiro atoms. The summed E-state index contributed by atoms with van der Waals surface area (Å²) in [5.41, 5.74) is 1.49. The molecule has 0 fully saturated rings. The van der Waals surface area contributed by atoms with Gasteiger partial charge in [0.1, 0.15) is 0 Å². The summed E-state index contributed by atoms with van der Waals surface area (Å²) in [5.74, 6) is -1.54. The van der Waals surface area contributed by atoms with E-state index >= 15 is 0 Å². The number of amides is 1. The molecule has 0 heterocycles. The molecule has 0 aliphatic rings. The van der Waals surface area contributed by atoms with E-state index in [0.29, 0.717) is 11.3 Å². The van der Waals surface area contributed by atoms with E-state index in [1.165, 1.54) is 43.3 Å². The molecule has 2 N–H and O–H groups in total. The lowest BCUT2D eigenvalue weighted by Gasteiger charge is -2.10. The highest BCUT2D eigenvalue weighted by Crippen LogP contribution is 2.23. The highest BCUT2D eigenvalue weighted by molar-refractivity contribution is 6.06. The number of carbonyl (C=O) groups excluding carboxylic acids is 1. The summed E-state index contributed by atoms with van der Waals surface area (Å²) in [7, 11) is 0. The zero-order chi connectivity index (χ0) is 17.1. The molecule has 0 aliphatic heterocycles. The SMILES string of the molecule is Cc1cc(C(=O)O)ccc1NC(=O)c1cccc([N+](=O)[O-])c1C. The number of hydrogen-bond acceptors (Lipinski definition) is 4. The van der Waals surface area contributed by atoms with E-state index in [0.717, 1.165) is 0 Å². The number of aromatic carboxylic acids is 1. The minimum absolute atomic E-state index is 0.118. The van der Waals surface area contributed by atoms with Crippen molar-refractivity contribution in [1.82, 2.24) is 0 Å². The Labute approximate surface area is 131 Å². The molecule has 0 radical (unpaired) electrons. The molecule has 7 nitrogen and oxygen atoms in total. The quantitative estimate of drug-likeness (QED) is 0.665. The number of carboxylic acids is 1. The maximum absolute atomic E-state index is 12.3. The lowest BCUT2D eigenvalue weighted by atomic mass is 10.1. The molecular weight excluding hydrogens is 300 g/mol. The zero-order valence-corrected chi connectivity index (χ0v) is 12.5. The number of carboxylic acid groups (broad SMARTS) is 1. The summed E-state index contributed by atoms with van der Waals surface area (Å²) in [6.07, 6.45) is 0. The van der Waals surface area contributed by atoms with Crippen molar-refractivity contribution in [3.8, 4) is 0 Å². The van der Waals surface area contributed by atoms with Crippen LogP contribution in [0.25, 0.3) is 0 Å². The molecule has 0 unspecified atom stereocenters. The van der Waals surface area contributed by atoms with Crippen LogP contribution in [-0.4, -0.2) is 21.9 Å². The molecule has 118 valence electrons. The van der Waals surface area contributed by atoms with Gasteiger partial charge in [-0.1, -0.05) is 6.07 Å². The van der Waals surface area contributed by atoms with Crippen molar-refractivity contribution < 1.29 is 19.6 Å². The number of benzene rings is 2. The minimum Gasteiger partial charge on any atom is -0.478 e. The van der Waals surface area contributed by atoms with Crippen LogP contribution >= 0.6 is 0 Å². The number of anilines is 1. The molecule has 2 rings (SSSR count). The van der Waals surface area contributed by atoms with Crippen LogP contribution in [0.4, 0.5) is 11.4 Å². The van der Waals surface area contributed by atoms with Crippen molar-refractivity contribution >= 4 is 23.3 Å². The van der Waals surface area contributed by atoms with Crippen molar-refractivity contribution in [2.75, 3.05) is 5.32 Å². The third-order valence-corrected chi connectivity index (χ3v) is 3.47. The summed E-state index contributed by atoms with van der Waals surface area (Å²) >= 11 is 0. The highest BCUT2D eigenvalue weighted by Gasteiger charge is 2.18. The molecule has 0 atom stereocenters. The monoisotopic (exact) mass is 314 g/mol. The number of carbonyl (C=O) groups is 2. The highest BCUT2D eigenvalue weighted by atomic mass is 16.6. The summed E-state index contributed by atoms with van der Waals surface area (Å²) in [6, 6.07) is 8.59. The van der Waals surface area contributed by atoms with Crippen molar-refractivity contribution in [2.24, 2.45) is 0 Å². The molecule has 0 aliphatic carbocycles. The maximum atomic E-state index is 12.3. The molecule has 0 saturated heterocycles. The topological polar surface area (TPSA) is 110 Å². The third-order valence-electron chi connectivity index (χ3n) is 3.47. The second-order valence-corrected chi connectivity index (χ2v) is 5.00. The van der Waals surface area contributed by atoms with Gasteiger partial charge in [0.2, 0.25) is 0 Å². The van der Waals surface area contributed by atoms with Gasteiger partial charge in [-0.3, -0.25) is 14.9 Å². The molecule has 2 aromatic carbocycles. The average Bonchev–Trinajstić information content (AvgIpc) is 2.48. The van der Waals surface area contributed by atoms with E-state index in [4.69, 9.17) is 5.11 Å². The second kappa shape index (κ2) is 6.27. The Kier molecular flexibility index (Phi) is 4.40. The lowest BCUT2D eigenvalue weighted by molar-refractivity contribution is -0.385. The predicted octanol–water partition coefficient (Wildman–Crippen LogP) is 3.16. The second-order valence-electron chi connectivity index (χ2n) is 5.00. The van der Waals surface area contributed by atoms with Gasteiger partial charge in [-0.15, -0.1) is 0 Å². The Hall–Kier alpha value is -3.22. The average molecular weight is 314 g/mol. The first kappa shape index (κ1) is 16.2. The van der Waals surface area contributed by atoms with Crippen LogP contribution in [0.15, 0.2) is 36.4 Å². The fourth-order valence-electron chi connectivity index (χ4n) is 2.19. The molecule has 0 bridgehead atoms. The summed E-state index contributed by atoms with van der Waals surface area (Å²) in [4.78, 5) is 33.6. The van der Waals surface area contributed by atoms with E-state index in [-0.39, 0.29) is 22.4 Å². The van der Waals surface area contributed by atoms with Gasteiger partial charge in [-0.25, -0.2) is 4.79 Å². The Morgan fingerprint density at radius 2 is 1.87 bits per heavy atom. The zero-order valence-electron chi connectivity index (χ0n) is 12.5. The molecule has 1 amide bonds. The Bertz CT molecular complexity index is 814. The van der Waals surface area contributed by atoms with E-state index in [1.54, 1.807) is 6.92 Å². The fraction of sp³-hybridized carbons (Fsp3) is 0.125. The number of nitrogens with one attached hydrogen (secondary N) is 1. The van der Waals surface area contributed by atoms with Crippen LogP contribution < -0.4 is 5.32 Å². The first-order valence-electron chi connectivity index (χ1n) is 6.70. The van der Waals surface area contributed by atoms with Crippen LogP contribution in [0, 0.1) is 24.0 Å². The van der Waals surface area contributed by atoms with Crippen LogP contribution in [0.1, 0.15) is 31.8 Å². The number of hydrogen-bond donors (Lipinski definition) is 2. The van der Waals surface area contributed by atoms with Crippen molar-refractivity contribution in [3.63, 3.8) is 0 Å². The van der Waals surface area contributed by atoms with Crippen molar-refractivity contribution in [2.45, 2.75) is 13.8 Å². The molecule has 23 heavy (non-hydrogen) atoms. The van der Waals surface area contributed by atoms with Crippen LogP contribution in [-0.2, 0) is 0 Å². The van der Waals surface area contributed by atoms with Gasteiger partial charge in [-0.2, -0.15) is 0 Å². The number of nitro groups is 1. The van der Waals surface area contributed by atoms with E-state index in [2.05, 4.69) is 5.32 Å². The van der Waals surface area contributed by atoms with Gasteiger partial charge >= 0.3 is 5.97 Å². The van der Waals surface area contributed by atoms with E-state index in [9.17, 15) is 19.7 Å². The summed E-state index contributed by atoms with van der Waals surface area (Å²) < 4.78 is 0. The summed E-state index contributed by atoms with van der Waals surface area (Å²) in [5, 5.41) is 22.5. The van der Waals surface area contributed by atoms with E-state index < -0.39 is 16.8 Å². The smallest absolute Gasteiger partial charge is 0.335 e. The maximum Gasteiger partial charge on any atom is 0.335 e. The first-order chi connectivity index (χ1) is 10.8. The van der Waals surface area contributed by atoms with E-state index in [1.807, 2.05) is 0 Å². The third kappa shape index (κ3) is 3.34. The minimum atomic E-state index is -1.06. The number of aryl methyl sites for hydroxylation is 1. The fourth-order valence-corrected chi connectivity index (χ4v) is 2.19. The van der Waals surface area contributed by atoms with Crippen LogP contribution in [0.2, 0.25) is 0 Å².